The first kappa shape index (κ1) is 55.3. The topological polar surface area (TPSA) is 333 Å². The number of ketones is 1. The minimum absolute atomic E-state index is 0. The second-order valence-corrected chi connectivity index (χ2v) is 8.76. The number of methoxy groups -OCH3 is 1. The smallest absolute Gasteiger partial charge is 0.741 e. The molecule has 0 spiro atoms. The van der Waals surface area contributed by atoms with Gasteiger partial charge in [-0.05, 0) is 32.3 Å². The zero-order chi connectivity index (χ0) is 24.8. The van der Waals surface area contributed by atoms with Crippen molar-refractivity contribution in [2.24, 2.45) is 11.3 Å². The van der Waals surface area contributed by atoms with E-state index in [4.69, 9.17) is 30.7 Å². The van der Waals surface area contributed by atoms with Gasteiger partial charge in [-0.1, -0.05) is 6.08 Å². The largest absolute Gasteiger partial charge is 2.00 e. The molecule has 0 amide bonds. The van der Waals surface area contributed by atoms with Gasteiger partial charge in [0.15, 0.2) is 26.0 Å². The van der Waals surface area contributed by atoms with Crippen LogP contribution in [0, 0.1) is 11.3 Å². The minimum Gasteiger partial charge on any atom is -0.741 e. The zero-order valence-corrected chi connectivity index (χ0v) is 23.5. The average molecular weight is 770 g/mol. The van der Waals surface area contributed by atoms with E-state index in [9.17, 15) is 35.9 Å². The molecular formula is C13H31F6N5O9OsS2. The second kappa shape index (κ2) is 19.8. The molecule has 0 radical (unpaired) electrons. The van der Waals surface area contributed by atoms with E-state index in [1.54, 1.807) is 6.08 Å². The van der Waals surface area contributed by atoms with Crippen LogP contribution >= 0.6 is 0 Å². The molecule has 14 nitrogen and oxygen atoms in total. The quantitative estimate of drug-likeness (QED) is 0.117. The molecule has 0 fully saturated rings. The standard InChI is InChI=1S/C11H16O3.2CHF3O3S.5H3N.Os/c1-11(2,10(13)14-3)8-5-4-6-9(12)7-8;2*2-1(3,4)8(5,6)7;;;;;;/h4,6,8H,5,7H2,1-3H3;2*(H,5,6,7);5*1H3;/q;;;;;;;;+2/p-2. The van der Waals surface area contributed by atoms with Crippen molar-refractivity contribution in [3.05, 3.63) is 12.2 Å². The Bertz CT molecular complexity index is 825. The third kappa shape index (κ3) is 19.9. The Morgan fingerprint density at radius 3 is 1.36 bits per heavy atom. The van der Waals surface area contributed by atoms with Crippen molar-refractivity contribution < 1.29 is 86.4 Å². The van der Waals surface area contributed by atoms with Gasteiger partial charge in [0.2, 0.25) is 0 Å². The number of hydrogen-bond acceptors (Lipinski definition) is 14. The van der Waals surface area contributed by atoms with E-state index in [1.165, 1.54) is 7.11 Å². The average Bonchev–Trinajstić information content (AvgIpc) is 2.51. The first-order valence-electron chi connectivity index (χ1n) is 7.30. The first-order valence-corrected chi connectivity index (χ1v) is 10.1. The van der Waals surface area contributed by atoms with Gasteiger partial charge in [-0.3, -0.25) is 9.59 Å². The molecular weight excluding hydrogens is 739 g/mol. The Morgan fingerprint density at radius 1 is 0.889 bits per heavy atom. The number of allylic oxidation sites excluding steroid dienone is 2. The van der Waals surface area contributed by atoms with Crippen LogP contribution in [0.5, 0.6) is 0 Å². The maximum Gasteiger partial charge on any atom is 2.00 e. The van der Waals surface area contributed by atoms with Gasteiger partial charge in [0, 0.05) is 6.42 Å². The fourth-order valence-electron chi connectivity index (χ4n) is 1.74. The number of halogens is 6. The van der Waals surface area contributed by atoms with Crippen LogP contribution in [0.1, 0.15) is 26.7 Å². The van der Waals surface area contributed by atoms with Gasteiger partial charge in [-0.2, -0.15) is 26.3 Å². The molecule has 1 rings (SSSR count). The minimum atomic E-state index is -6.09. The van der Waals surface area contributed by atoms with Crippen molar-refractivity contribution in [3.8, 4) is 0 Å². The second-order valence-electron chi connectivity index (χ2n) is 6.02. The predicted molar refractivity (Wildman–Crippen MR) is 109 cm³/mol. The molecule has 1 aliphatic rings. The fraction of sp³-hybridized carbons (Fsp3) is 0.692. The molecule has 1 atom stereocenters. The molecule has 36 heavy (non-hydrogen) atoms. The molecule has 0 aromatic heterocycles. The number of carbonyl (C=O) groups excluding carboxylic acids is 2. The van der Waals surface area contributed by atoms with Gasteiger partial charge >= 0.3 is 36.8 Å². The van der Waals surface area contributed by atoms with Gasteiger partial charge in [0.25, 0.3) is 0 Å². The Morgan fingerprint density at radius 2 is 1.17 bits per heavy atom. The first-order chi connectivity index (χ1) is 13.0. The molecule has 0 saturated carbocycles. The van der Waals surface area contributed by atoms with Crippen LogP contribution in [0.4, 0.5) is 26.3 Å². The third-order valence-corrected chi connectivity index (χ3v) is 4.60. The molecule has 0 aliphatic heterocycles. The molecule has 0 heterocycles. The number of hydrogen-bond donors (Lipinski definition) is 5. The van der Waals surface area contributed by atoms with Crippen molar-refractivity contribution in [1.29, 1.82) is 0 Å². The Labute approximate surface area is 217 Å². The summed E-state index contributed by atoms with van der Waals surface area (Å²) in [4.78, 5) is 22.7. The molecule has 0 aromatic carbocycles. The van der Waals surface area contributed by atoms with E-state index >= 15 is 0 Å². The van der Waals surface area contributed by atoms with Gasteiger partial charge in [-0.15, -0.1) is 0 Å². The SMILES string of the molecule is COC(=O)C(C)(C)C1CC=CC(=O)C1.N.N.N.N.N.O=S(=O)([O-])C(F)(F)F.O=S(=O)([O-])C(F)(F)F.[Os+2]. The van der Waals surface area contributed by atoms with Crippen molar-refractivity contribution in [2.75, 3.05) is 7.11 Å². The van der Waals surface area contributed by atoms with E-state index in [0.29, 0.717) is 6.42 Å². The predicted octanol–water partition coefficient (Wildman–Crippen LogP) is 2.63. The van der Waals surface area contributed by atoms with Gasteiger partial charge in [0.1, 0.15) is 0 Å². The Hall–Kier alpha value is -1.28. The summed E-state index contributed by atoms with van der Waals surface area (Å²) >= 11 is 0. The molecule has 15 N–H and O–H groups in total. The summed E-state index contributed by atoms with van der Waals surface area (Å²) in [7, 11) is -10.8. The van der Waals surface area contributed by atoms with Crippen molar-refractivity contribution in [2.45, 2.75) is 37.7 Å². The Kier molecular flexibility index (Phi) is 30.4. The summed E-state index contributed by atoms with van der Waals surface area (Å²) in [6.45, 7) is 3.66. The number of esters is 1. The van der Waals surface area contributed by atoms with Crippen LogP contribution in [-0.2, 0) is 54.4 Å². The van der Waals surface area contributed by atoms with Gasteiger partial charge in [-0.25, -0.2) is 16.8 Å². The number of alkyl halides is 6. The zero-order valence-electron chi connectivity index (χ0n) is 19.3. The van der Waals surface area contributed by atoms with Gasteiger partial charge < -0.3 is 44.6 Å². The van der Waals surface area contributed by atoms with Crippen molar-refractivity contribution in [3.63, 3.8) is 0 Å². The summed E-state index contributed by atoms with van der Waals surface area (Å²) < 4.78 is 123. The molecule has 0 aromatic rings. The van der Waals surface area contributed by atoms with Crippen LogP contribution in [0.25, 0.3) is 0 Å². The van der Waals surface area contributed by atoms with Crippen LogP contribution in [0.15, 0.2) is 12.2 Å². The monoisotopic (exact) mass is 771 g/mol. The van der Waals surface area contributed by atoms with E-state index in [0.717, 1.165) is 6.42 Å². The summed E-state index contributed by atoms with van der Waals surface area (Å²) in [5.74, 6) is -0.0868. The molecule has 0 bridgehead atoms. The maximum atomic E-state index is 11.5. The van der Waals surface area contributed by atoms with E-state index in [1.807, 2.05) is 19.9 Å². The molecule has 0 saturated heterocycles. The van der Waals surface area contributed by atoms with Crippen molar-refractivity contribution in [1.82, 2.24) is 30.8 Å². The number of rotatable bonds is 2. The van der Waals surface area contributed by atoms with Crippen LogP contribution in [0.2, 0.25) is 0 Å². The van der Waals surface area contributed by atoms with Gasteiger partial charge in [0.05, 0.1) is 12.5 Å². The summed E-state index contributed by atoms with van der Waals surface area (Å²) in [6, 6.07) is 0. The Balaban J connectivity index is -0.0000000530. The number of ether oxygens (including phenoxy) is 1. The third-order valence-electron chi connectivity index (χ3n) is 3.47. The summed E-state index contributed by atoms with van der Waals surface area (Å²) in [5.41, 5.74) is -11.9. The summed E-state index contributed by atoms with van der Waals surface area (Å²) in [6.07, 6.45) is 4.64. The normalized spacial score (nSPS) is 14.9. The number of carbonyl (C=O) groups is 2. The fourth-order valence-corrected chi connectivity index (χ4v) is 1.74. The van der Waals surface area contributed by atoms with Crippen LogP contribution in [-0.4, -0.2) is 55.8 Å². The van der Waals surface area contributed by atoms with E-state index < -0.39 is 36.7 Å². The summed E-state index contributed by atoms with van der Waals surface area (Å²) in [5, 5.41) is 0. The molecule has 23 heteroatoms. The van der Waals surface area contributed by atoms with Crippen LogP contribution < -0.4 is 30.8 Å². The molecule has 1 unspecified atom stereocenters. The van der Waals surface area contributed by atoms with Crippen LogP contribution in [0.3, 0.4) is 0 Å². The molecule has 1 aliphatic carbocycles. The van der Waals surface area contributed by atoms with E-state index in [-0.39, 0.29) is 68.2 Å². The molecule has 224 valence electrons. The van der Waals surface area contributed by atoms with E-state index in [2.05, 4.69) is 0 Å². The van der Waals surface area contributed by atoms with Crippen molar-refractivity contribution >= 4 is 32.0 Å². The maximum absolute atomic E-state index is 11.5.